The second-order valence-corrected chi connectivity index (χ2v) is 9.72. The Morgan fingerprint density at radius 2 is 1.84 bits per heavy atom. The number of carbonyl (C=O) groups is 1. The summed E-state index contributed by atoms with van der Waals surface area (Å²) in [5.41, 5.74) is -2.12. The van der Waals surface area contributed by atoms with Crippen LogP contribution in [-0.4, -0.2) is 48.3 Å². The smallest absolute Gasteiger partial charge is 0.417 e. The second kappa shape index (κ2) is 9.48. The van der Waals surface area contributed by atoms with Crippen LogP contribution in [0.4, 0.5) is 27.6 Å². The van der Waals surface area contributed by atoms with Crippen molar-refractivity contribution in [1.29, 1.82) is 0 Å². The summed E-state index contributed by atoms with van der Waals surface area (Å²) in [6, 6.07) is 4.99. The molecule has 12 heteroatoms. The van der Waals surface area contributed by atoms with Gasteiger partial charge in [-0.3, -0.25) is 9.78 Å². The average molecular weight is 530 g/mol. The molecule has 3 heterocycles. The molecule has 37 heavy (non-hydrogen) atoms. The number of hydrogen-bond acceptors (Lipinski definition) is 6. The third kappa shape index (κ3) is 4.89. The van der Waals surface area contributed by atoms with Crippen molar-refractivity contribution in [3.05, 3.63) is 53.4 Å². The summed E-state index contributed by atoms with van der Waals surface area (Å²) in [4.78, 5) is 17.5. The quantitative estimate of drug-likeness (QED) is 0.531. The third-order valence-corrected chi connectivity index (χ3v) is 6.96. The Bertz CT molecular complexity index is 1170. The molecule has 0 spiro atoms. The maximum Gasteiger partial charge on any atom is 0.417 e. The molecule has 2 fully saturated rings. The highest BCUT2D eigenvalue weighted by atomic mass is 19.4. The van der Waals surface area contributed by atoms with Crippen LogP contribution in [0.3, 0.4) is 0 Å². The summed E-state index contributed by atoms with van der Waals surface area (Å²) in [5.74, 6) is -7.53. The first-order valence-electron chi connectivity index (χ1n) is 11.5. The van der Waals surface area contributed by atoms with Crippen LogP contribution in [0.15, 0.2) is 30.5 Å². The van der Waals surface area contributed by atoms with Crippen molar-refractivity contribution in [3.63, 3.8) is 0 Å². The van der Waals surface area contributed by atoms with Gasteiger partial charge in [0.25, 0.3) is 5.91 Å². The molecule has 0 radical (unpaired) electrons. The van der Waals surface area contributed by atoms with Crippen molar-refractivity contribution in [2.24, 2.45) is 5.92 Å². The van der Waals surface area contributed by atoms with Crippen LogP contribution in [0.25, 0.3) is 0 Å². The number of carbonyl (C=O) groups excluding carboxylic acids is 1. The van der Waals surface area contributed by atoms with Gasteiger partial charge >= 0.3 is 6.18 Å². The normalized spacial score (nSPS) is 29.4. The minimum atomic E-state index is -4.86. The Balaban J connectivity index is 1.64. The molecule has 7 nitrogen and oxygen atoms in total. The fraction of sp³-hybridized carbons (Fsp3) is 0.520. The maximum atomic E-state index is 14.5. The van der Waals surface area contributed by atoms with Gasteiger partial charge in [-0.25, -0.2) is 4.39 Å². The van der Waals surface area contributed by atoms with Crippen molar-refractivity contribution in [2.75, 3.05) is 19.0 Å². The number of nitrogens with zero attached hydrogens (tertiary/aromatic N) is 1. The number of hydrogen-bond donors (Lipinski definition) is 1. The van der Waals surface area contributed by atoms with E-state index in [9.17, 15) is 26.7 Å². The molecule has 0 aliphatic carbocycles. The monoisotopic (exact) mass is 530 g/mol. The SMILES string of the molecule is COc1c(C2C(C(=O)Nc3ccc(C4COC(C)(C)O4)nc3)OC(C)(C(F)(F)F)C2C)ccc(F)c1F. The Morgan fingerprint density at radius 3 is 2.38 bits per heavy atom. The molecule has 1 amide bonds. The Hall–Kier alpha value is -2.83. The van der Waals surface area contributed by atoms with Gasteiger partial charge in [0.2, 0.25) is 5.82 Å². The van der Waals surface area contributed by atoms with Crippen molar-refractivity contribution in [1.82, 2.24) is 4.98 Å². The van der Waals surface area contributed by atoms with Crippen LogP contribution < -0.4 is 10.1 Å². The lowest BCUT2D eigenvalue weighted by Crippen LogP contribution is -2.47. The first-order valence-corrected chi connectivity index (χ1v) is 11.5. The average Bonchev–Trinajstić information content (AvgIpc) is 3.33. The molecule has 1 N–H and O–H groups in total. The van der Waals surface area contributed by atoms with Crippen molar-refractivity contribution in [3.8, 4) is 5.75 Å². The molecule has 1 aromatic carbocycles. The molecule has 0 saturated carbocycles. The highest BCUT2D eigenvalue weighted by Crippen LogP contribution is 2.55. The molecule has 0 bridgehead atoms. The second-order valence-electron chi connectivity index (χ2n) is 9.72. The summed E-state index contributed by atoms with van der Waals surface area (Å²) in [5, 5.41) is 2.52. The highest BCUT2D eigenvalue weighted by molar-refractivity contribution is 5.95. The number of halogens is 5. The number of pyridine rings is 1. The zero-order valence-electron chi connectivity index (χ0n) is 20.8. The Kier molecular flexibility index (Phi) is 6.97. The number of amides is 1. The van der Waals surface area contributed by atoms with Crippen LogP contribution in [0, 0.1) is 17.6 Å². The fourth-order valence-electron chi connectivity index (χ4n) is 4.76. The Labute approximate surface area is 210 Å². The van der Waals surface area contributed by atoms with E-state index >= 15 is 0 Å². The molecule has 202 valence electrons. The summed E-state index contributed by atoms with van der Waals surface area (Å²) < 4.78 is 92.1. The zero-order chi connectivity index (χ0) is 27.3. The highest BCUT2D eigenvalue weighted by Gasteiger charge is 2.66. The van der Waals surface area contributed by atoms with Gasteiger partial charge in [-0.15, -0.1) is 0 Å². The number of aromatic nitrogens is 1. The lowest BCUT2D eigenvalue weighted by molar-refractivity contribution is -0.272. The molecular weight excluding hydrogens is 503 g/mol. The summed E-state index contributed by atoms with van der Waals surface area (Å²) >= 11 is 0. The first-order chi connectivity index (χ1) is 17.2. The van der Waals surface area contributed by atoms with Gasteiger partial charge in [0.05, 0.1) is 31.3 Å². The molecule has 1 aromatic heterocycles. The van der Waals surface area contributed by atoms with Gasteiger partial charge < -0.3 is 24.3 Å². The number of alkyl halides is 3. The topological polar surface area (TPSA) is 78.9 Å². The van der Waals surface area contributed by atoms with Gasteiger partial charge in [-0.2, -0.15) is 17.6 Å². The number of methoxy groups -OCH3 is 1. The molecule has 2 saturated heterocycles. The van der Waals surface area contributed by atoms with E-state index in [2.05, 4.69) is 10.3 Å². The van der Waals surface area contributed by atoms with E-state index < -0.39 is 64.9 Å². The molecule has 2 aliphatic heterocycles. The van der Waals surface area contributed by atoms with Crippen molar-refractivity contribution >= 4 is 11.6 Å². The lowest BCUT2D eigenvalue weighted by atomic mass is 9.77. The van der Waals surface area contributed by atoms with E-state index in [-0.39, 0.29) is 17.9 Å². The number of rotatable bonds is 5. The van der Waals surface area contributed by atoms with E-state index in [0.717, 1.165) is 26.2 Å². The number of benzene rings is 1. The predicted molar refractivity (Wildman–Crippen MR) is 121 cm³/mol. The van der Waals surface area contributed by atoms with Gasteiger partial charge in [0.1, 0.15) is 12.2 Å². The maximum absolute atomic E-state index is 14.5. The van der Waals surface area contributed by atoms with Crippen LogP contribution in [-0.2, 0) is 19.0 Å². The molecule has 4 rings (SSSR count). The number of anilines is 1. The molecule has 5 atom stereocenters. The molecule has 5 unspecified atom stereocenters. The van der Waals surface area contributed by atoms with E-state index in [1.807, 2.05) is 0 Å². The van der Waals surface area contributed by atoms with Gasteiger partial charge in [0.15, 0.2) is 23.0 Å². The van der Waals surface area contributed by atoms with E-state index in [0.29, 0.717) is 5.69 Å². The fourth-order valence-corrected chi connectivity index (χ4v) is 4.76. The van der Waals surface area contributed by atoms with E-state index in [4.69, 9.17) is 18.9 Å². The van der Waals surface area contributed by atoms with E-state index in [1.165, 1.54) is 19.2 Å². The van der Waals surface area contributed by atoms with Gasteiger partial charge in [-0.05, 0) is 39.0 Å². The number of ether oxygens (including phenoxy) is 4. The van der Waals surface area contributed by atoms with Crippen LogP contribution in [0.2, 0.25) is 0 Å². The minimum Gasteiger partial charge on any atom is -0.493 e. The zero-order valence-corrected chi connectivity index (χ0v) is 20.8. The standard InChI is InChI=1S/C25H27F5N2O5/c1-12-18(14-7-8-15(26)19(27)20(14)34-5)21(37-24(12,4)25(28,29)30)22(33)32-13-6-9-16(31-10-13)17-11-35-23(2,3)36-17/h6-10,12,17-18,21H,11H2,1-5H3,(H,32,33). The van der Waals surface area contributed by atoms with Crippen molar-refractivity contribution < 1.29 is 45.7 Å². The number of nitrogens with one attached hydrogen (secondary N) is 1. The Morgan fingerprint density at radius 1 is 1.14 bits per heavy atom. The molecule has 2 aliphatic rings. The van der Waals surface area contributed by atoms with E-state index in [1.54, 1.807) is 19.9 Å². The predicted octanol–water partition coefficient (Wildman–Crippen LogP) is 5.27. The summed E-state index contributed by atoms with van der Waals surface area (Å²) in [6.45, 7) is 5.88. The molecular formula is C25H27F5N2O5. The van der Waals surface area contributed by atoms with Gasteiger partial charge in [-0.1, -0.05) is 13.0 Å². The molecule has 2 aromatic rings. The third-order valence-electron chi connectivity index (χ3n) is 6.96. The van der Waals surface area contributed by atoms with Crippen LogP contribution >= 0.6 is 0 Å². The summed E-state index contributed by atoms with van der Waals surface area (Å²) in [7, 11) is 1.06. The van der Waals surface area contributed by atoms with Gasteiger partial charge in [0, 0.05) is 17.4 Å². The lowest BCUT2D eigenvalue weighted by Gasteiger charge is -2.32. The van der Waals surface area contributed by atoms with Crippen LogP contribution in [0.5, 0.6) is 5.75 Å². The first kappa shape index (κ1) is 27.2. The minimum absolute atomic E-state index is 0.114. The van der Waals surface area contributed by atoms with Crippen LogP contribution in [0.1, 0.15) is 51.0 Å². The largest absolute Gasteiger partial charge is 0.493 e. The summed E-state index contributed by atoms with van der Waals surface area (Å²) in [6.07, 6.45) is -5.65. The van der Waals surface area contributed by atoms with Crippen molar-refractivity contribution in [2.45, 2.75) is 63.4 Å².